The third-order valence-electron chi connectivity index (χ3n) is 4.50. The van der Waals surface area contributed by atoms with Gasteiger partial charge in [0.15, 0.2) is 5.15 Å². The third-order valence-corrected chi connectivity index (χ3v) is 4.78. The second kappa shape index (κ2) is 9.84. The summed E-state index contributed by atoms with van der Waals surface area (Å²) in [5.74, 6) is 1.14. The van der Waals surface area contributed by atoms with Gasteiger partial charge in [-0.05, 0) is 19.3 Å². The number of halogens is 1. The average Bonchev–Trinajstić information content (AvgIpc) is 2.91. The highest BCUT2D eigenvalue weighted by Gasteiger charge is 2.21. The zero-order chi connectivity index (χ0) is 17.4. The summed E-state index contributed by atoms with van der Waals surface area (Å²) >= 11 is 6.11. The monoisotopic (exact) mass is 353 g/mol. The highest BCUT2D eigenvalue weighted by Crippen LogP contribution is 2.33. The molecule has 24 heavy (non-hydrogen) atoms. The van der Waals surface area contributed by atoms with Crippen LogP contribution in [0.25, 0.3) is 5.52 Å². The lowest BCUT2D eigenvalue weighted by atomic mass is 9.94. The summed E-state index contributed by atoms with van der Waals surface area (Å²) in [6, 6.07) is 0. The maximum Gasteiger partial charge on any atom is 0.240 e. The summed E-state index contributed by atoms with van der Waals surface area (Å²) in [7, 11) is 0. The molecular formula is C18H28ClN3O2. The first kappa shape index (κ1) is 19.0. The number of nitrogens with zero attached hydrogens (tertiary/aromatic N) is 3. The maximum absolute atomic E-state index is 10.2. The number of aliphatic hydroxyl groups is 1. The van der Waals surface area contributed by atoms with Gasteiger partial charge in [0.1, 0.15) is 11.3 Å². The van der Waals surface area contributed by atoms with Gasteiger partial charge in [-0.15, -0.1) is 0 Å². The molecule has 2 heterocycles. The first-order chi connectivity index (χ1) is 11.7. The van der Waals surface area contributed by atoms with Crippen LogP contribution in [0, 0.1) is 0 Å². The Kier molecular flexibility index (Phi) is 7.79. The van der Waals surface area contributed by atoms with Gasteiger partial charge in [0.2, 0.25) is 5.88 Å². The van der Waals surface area contributed by atoms with Crippen molar-refractivity contribution in [3.05, 3.63) is 23.4 Å². The predicted molar refractivity (Wildman–Crippen MR) is 96.7 cm³/mol. The quantitative estimate of drug-likeness (QED) is 0.574. The molecule has 1 unspecified atom stereocenters. The van der Waals surface area contributed by atoms with E-state index in [4.69, 9.17) is 16.7 Å². The minimum absolute atomic E-state index is 0.0381. The third kappa shape index (κ3) is 4.84. The number of aromatic nitrogens is 3. The molecule has 6 heteroatoms. The van der Waals surface area contributed by atoms with Gasteiger partial charge in [-0.1, -0.05) is 57.0 Å². The van der Waals surface area contributed by atoms with E-state index in [0.717, 1.165) is 50.8 Å². The second-order valence-corrected chi connectivity index (χ2v) is 6.71. The smallest absolute Gasteiger partial charge is 0.240 e. The second-order valence-electron chi connectivity index (χ2n) is 6.35. The normalized spacial score (nSPS) is 12.8. The largest absolute Gasteiger partial charge is 0.492 e. The van der Waals surface area contributed by atoms with Crippen molar-refractivity contribution in [1.82, 2.24) is 14.4 Å². The molecule has 0 aromatic carbocycles. The van der Waals surface area contributed by atoms with Crippen LogP contribution in [-0.4, -0.2) is 31.2 Å². The molecule has 2 N–H and O–H groups in total. The highest BCUT2D eigenvalue weighted by molar-refractivity contribution is 6.32. The Morgan fingerprint density at radius 2 is 1.83 bits per heavy atom. The van der Waals surface area contributed by atoms with E-state index in [2.05, 4.69) is 16.9 Å². The number of rotatable bonds is 11. The Morgan fingerprint density at radius 1 is 1.12 bits per heavy atom. The zero-order valence-corrected chi connectivity index (χ0v) is 15.2. The fourth-order valence-corrected chi connectivity index (χ4v) is 3.43. The minimum atomic E-state index is -0.0381. The summed E-state index contributed by atoms with van der Waals surface area (Å²) in [5, 5.41) is 19.3. The zero-order valence-electron chi connectivity index (χ0n) is 14.4. The van der Waals surface area contributed by atoms with Crippen LogP contribution < -0.4 is 0 Å². The Labute approximate surface area is 148 Å². The Bertz CT molecular complexity index is 630. The first-order valence-corrected chi connectivity index (χ1v) is 9.39. The van der Waals surface area contributed by atoms with E-state index in [1.807, 2.05) is 10.6 Å². The van der Waals surface area contributed by atoms with Crippen molar-refractivity contribution in [2.45, 2.75) is 70.6 Å². The van der Waals surface area contributed by atoms with Gasteiger partial charge in [0.25, 0.3) is 0 Å². The number of hydrogen-bond acceptors (Lipinski definition) is 4. The molecule has 0 fully saturated rings. The molecule has 5 nitrogen and oxygen atoms in total. The van der Waals surface area contributed by atoms with Crippen LogP contribution in [0.2, 0.25) is 5.15 Å². The van der Waals surface area contributed by atoms with Gasteiger partial charge in [0.05, 0.1) is 0 Å². The van der Waals surface area contributed by atoms with Crippen LogP contribution in [0.5, 0.6) is 5.88 Å². The van der Waals surface area contributed by atoms with Crippen molar-refractivity contribution in [3.8, 4) is 5.88 Å². The van der Waals surface area contributed by atoms with Crippen molar-refractivity contribution in [3.63, 3.8) is 0 Å². The molecule has 0 saturated carbocycles. The van der Waals surface area contributed by atoms with Gasteiger partial charge in [-0.3, -0.25) is 4.40 Å². The highest BCUT2D eigenvalue weighted by atomic mass is 35.5. The number of hydrogen-bond donors (Lipinski definition) is 2. The van der Waals surface area contributed by atoms with E-state index in [1.165, 1.54) is 12.8 Å². The lowest BCUT2D eigenvalue weighted by Gasteiger charge is -2.16. The lowest BCUT2D eigenvalue weighted by molar-refractivity contribution is 0.282. The van der Waals surface area contributed by atoms with Crippen LogP contribution in [0.15, 0.2) is 12.4 Å². The van der Waals surface area contributed by atoms with E-state index < -0.39 is 0 Å². The van der Waals surface area contributed by atoms with Crippen molar-refractivity contribution in [2.24, 2.45) is 0 Å². The first-order valence-electron chi connectivity index (χ1n) is 9.01. The van der Waals surface area contributed by atoms with Gasteiger partial charge in [0, 0.05) is 24.9 Å². The maximum atomic E-state index is 10.2. The van der Waals surface area contributed by atoms with Crippen LogP contribution in [0.4, 0.5) is 0 Å². The molecule has 2 rings (SSSR count). The molecular weight excluding hydrogens is 326 g/mol. The number of imidazole rings is 1. The Balaban J connectivity index is 2.15. The van der Waals surface area contributed by atoms with Crippen LogP contribution in [0.1, 0.15) is 76.5 Å². The SMILES string of the molecule is CCCCCC(CCCCCCO)c1nc(O)c2c(Cl)nccn12. The van der Waals surface area contributed by atoms with E-state index in [-0.39, 0.29) is 17.6 Å². The molecule has 0 amide bonds. The van der Waals surface area contributed by atoms with Crippen molar-refractivity contribution < 1.29 is 10.2 Å². The predicted octanol–water partition coefficient (Wildman–Crippen LogP) is 4.70. The van der Waals surface area contributed by atoms with Crippen LogP contribution >= 0.6 is 11.6 Å². The fourth-order valence-electron chi connectivity index (χ4n) is 3.19. The van der Waals surface area contributed by atoms with Crippen molar-refractivity contribution in [2.75, 3.05) is 6.61 Å². The summed E-state index contributed by atoms with van der Waals surface area (Å²) in [6.45, 7) is 2.47. The summed E-state index contributed by atoms with van der Waals surface area (Å²) in [4.78, 5) is 8.43. The average molecular weight is 354 g/mol. The fraction of sp³-hybridized carbons (Fsp3) is 0.667. The minimum Gasteiger partial charge on any atom is -0.492 e. The molecule has 0 saturated heterocycles. The van der Waals surface area contributed by atoms with E-state index in [1.54, 1.807) is 6.20 Å². The Morgan fingerprint density at radius 3 is 2.54 bits per heavy atom. The van der Waals surface area contributed by atoms with E-state index in [0.29, 0.717) is 11.4 Å². The molecule has 0 spiro atoms. The molecule has 134 valence electrons. The molecule has 2 aromatic heterocycles. The van der Waals surface area contributed by atoms with Crippen LogP contribution in [0.3, 0.4) is 0 Å². The number of aliphatic hydroxyl groups excluding tert-OH is 1. The molecule has 1 atom stereocenters. The summed E-state index contributed by atoms with van der Waals surface area (Å²) in [6.07, 6.45) is 13.3. The number of fused-ring (bicyclic) bond motifs is 1. The Hall–Kier alpha value is -1.33. The van der Waals surface area contributed by atoms with E-state index >= 15 is 0 Å². The lowest BCUT2D eigenvalue weighted by Crippen LogP contribution is -2.05. The molecule has 0 aliphatic rings. The van der Waals surface area contributed by atoms with Gasteiger partial charge in [-0.2, -0.15) is 4.98 Å². The number of aromatic hydroxyl groups is 1. The summed E-state index contributed by atoms with van der Waals surface area (Å²) < 4.78 is 1.88. The van der Waals surface area contributed by atoms with Gasteiger partial charge in [-0.25, -0.2) is 4.98 Å². The molecule has 0 radical (unpaired) electrons. The van der Waals surface area contributed by atoms with Crippen molar-refractivity contribution in [1.29, 1.82) is 0 Å². The van der Waals surface area contributed by atoms with Gasteiger partial charge < -0.3 is 10.2 Å². The molecule has 0 bridgehead atoms. The van der Waals surface area contributed by atoms with Crippen molar-refractivity contribution >= 4 is 17.1 Å². The van der Waals surface area contributed by atoms with Gasteiger partial charge >= 0.3 is 0 Å². The molecule has 0 aliphatic heterocycles. The summed E-state index contributed by atoms with van der Waals surface area (Å²) in [5.41, 5.74) is 0.495. The standard InChI is InChI=1S/C18H28ClN3O2/c1-2-3-6-9-14(10-7-4-5-8-13-23)17-21-18(24)15-16(19)20-11-12-22(15)17/h11-12,14,23-24H,2-10,13H2,1H3. The van der Waals surface area contributed by atoms with Crippen LogP contribution in [-0.2, 0) is 0 Å². The van der Waals surface area contributed by atoms with E-state index in [9.17, 15) is 5.11 Å². The topological polar surface area (TPSA) is 70.7 Å². The number of unbranched alkanes of at least 4 members (excludes halogenated alkanes) is 5. The molecule has 2 aromatic rings. The molecule has 0 aliphatic carbocycles.